The van der Waals surface area contributed by atoms with Gasteiger partial charge in [0.1, 0.15) is 6.26 Å². The van der Waals surface area contributed by atoms with E-state index in [1.165, 1.54) is 18.4 Å². The molecule has 5 heteroatoms. The number of benzene rings is 1. The van der Waals surface area contributed by atoms with E-state index in [4.69, 9.17) is 0 Å². The van der Waals surface area contributed by atoms with Gasteiger partial charge in [-0.2, -0.15) is 13.2 Å². The summed E-state index contributed by atoms with van der Waals surface area (Å²) in [5.74, 6) is -0.212. The molecule has 0 saturated carbocycles. The van der Waals surface area contributed by atoms with Crippen LogP contribution in [0.4, 0.5) is 13.2 Å². The minimum Gasteiger partial charge on any atom is -0.612 e. The van der Waals surface area contributed by atoms with Gasteiger partial charge >= 0.3 is 6.18 Å². The van der Waals surface area contributed by atoms with Gasteiger partial charge in [0.25, 0.3) is 0 Å². The Bertz CT molecular complexity index is 372. The van der Waals surface area contributed by atoms with Crippen molar-refractivity contribution in [3.05, 3.63) is 29.3 Å². The summed E-state index contributed by atoms with van der Waals surface area (Å²) in [7, 11) is 0. The number of hydrogen-bond donors (Lipinski definition) is 0. The highest BCUT2D eigenvalue weighted by atomic mass is 32.2. The zero-order valence-electron chi connectivity index (χ0n) is 9.26. The Morgan fingerprint density at radius 2 is 1.81 bits per heavy atom. The minimum atomic E-state index is -4.39. The van der Waals surface area contributed by atoms with E-state index in [9.17, 15) is 17.7 Å². The topological polar surface area (TPSA) is 23.1 Å². The molecule has 1 unspecified atom stereocenters. The number of alkyl halides is 3. The van der Waals surface area contributed by atoms with Crippen LogP contribution in [0.2, 0.25) is 0 Å². The molecule has 1 atom stereocenters. The van der Waals surface area contributed by atoms with Gasteiger partial charge in [0.05, 0.1) is 5.56 Å². The first-order valence-corrected chi connectivity index (χ1v) is 6.34. The molecule has 0 heterocycles. The molecule has 0 radical (unpaired) electrons. The molecule has 1 aromatic carbocycles. The average molecular weight is 250 g/mol. The lowest BCUT2D eigenvalue weighted by atomic mass is 9.97. The van der Waals surface area contributed by atoms with Crippen LogP contribution in [0.25, 0.3) is 0 Å². The van der Waals surface area contributed by atoms with Gasteiger partial charge in [0, 0.05) is 6.07 Å². The Morgan fingerprint density at radius 1 is 1.25 bits per heavy atom. The third-order valence-corrected chi connectivity index (χ3v) is 3.20. The Hall–Kier alpha value is -0.680. The molecule has 0 aliphatic carbocycles. The fourth-order valence-electron chi connectivity index (χ4n) is 1.46. The van der Waals surface area contributed by atoms with Crippen LogP contribution in [-0.4, -0.2) is 10.8 Å². The van der Waals surface area contributed by atoms with E-state index >= 15 is 0 Å². The third-order valence-electron chi connectivity index (χ3n) is 2.28. The largest absolute Gasteiger partial charge is 0.612 e. The van der Waals surface area contributed by atoms with Crippen molar-refractivity contribution in [2.75, 3.05) is 6.26 Å². The predicted octanol–water partition coefficient (Wildman–Crippen LogP) is 3.57. The summed E-state index contributed by atoms with van der Waals surface area (Å²) in [5, 5.41) is 0. The number of rotatable bonds is 2. The van der Waals surface area contributed by atoms with E-state index in [2.05, 4.69) is 0 Å². The van der Waals surface area contributed by atoms with Crippen LogP contribution < -0.4 is 0 Å². The van der Waals surface area contributed by atoms with Crippen LogP contribution in [0.3, 0.4) is 0 Å². The van der Waals surface area contributed by atoms with Crippen LogP contribution in [0, 0.1) is 0 Å². The molecular formula is C11H13F3OS. The predicted molar refractivity (Wildman–Crippen MR) is 57.9 cm³/mol. The summed E-state index contributed by atoms with van der Waals surface area (Å²) < 4.78 is 49.4. The molecule has 0 fully saturated rings. The second-order valence-electron chi connectivity index (χ2n) is 3.86. The Morgan fingerprint density at radius 3 is 2.19 bits per heavy atom. The Balaban J connectivity index is 3.33. The van der Waals surface area contributed by atoms with Gasteiger partial charge in [-0.05, 0) is 28.7 Å². The fourth-order valence-corrected chi connectivity index (χ4v) is 2.01. The highest BCUT2D eigenvalue weighted by molar-refractivity contribution is 7.90. The van der Waals surface area contributed by atoms with Gasteiger partial charge in [-0.1, -0.05) is 19.9 Å². The Labute approximate surface area is 95.8 Å². The molecule has 1 nitrogen and oxygen atoms in total. The van der Waals surface area contributed by atoms with E-state index in [0.29, 0.717) is 0 Å². The van der Waals surface area contributed by atoms with Crippen molar-refractivity contribution in [2.24, 2.45) is 0 Å². The molecule has 90 valence electrons. The van der Waals surface area contributed by atoms with Crippen LogP contribution in [0.1, 0.15) is 30.9 Å². The Kier molecular flexibility index (Phi) is 3.91. The quantitative estimate of drug-likeness (QED) is 0.736. The number of hydrogen-bond acceptors (Lipinski definition) is 1. The second-order valence-corrected chi connectivity index (χ2v) is 5.24. The fraction of sp³-hybridized carbons (Fsp3) is 0.455. The van der Waals surface area contributed by atoms with Crippen molar-refractivity contribution in [3.63, 3.8) is 0 Å². The van der Waals surface area contributed by atoms with E-state index in [1.807, 2.05) is 0 Å². The monoisotopic (exact) mass is 250 g/mol. The van der Waals surface area contributed by atoms with Gasteiger partial charge < -0.3 is 4.55 Å². The summed E-state index contributed by atoms with van der Waals surface area (Å²) in [6, 6.07) is 3.87. The molecule has 0 saturated heterocycles. The normalized spacial score (nSPS) is 14.2. The maximum absolute atomic E-state index is 12.8. The van der Waals surface area contributed by atoms with Crippen molar-refractivity contribution in [1.29, 1.82) is 0 Å². The minimum absolute atomic E-state index is 0.205. The molecule has 0 spiro atoms. The van der Waals surface area contributed by atoms with E-state index in [0.717, 1.165) is 6.07 Å². The second kappa shape index (κ2) is 4.67. The van der Waals surface area contributed by atoms with Crippen LogP contribution in [0.5, 0.6) is 0 Å². The average Bonchev–Trinajstić information content (AvgIpc) is 2.15. The van der Waals surface area contributed by atoms with Gasteiger partial charge in [0.2, 0.25) is 0 Å². The summed E-state index contributed by atoms with van der Waals surface area (Å²) in [5.41, 5.74) is -0.447. The van der Waals surface area contributed by atoms with Crippen LogP contribution >= 0.6 is 0 Å². The van der Waals surface area contributed by atoms with E-state index in [1.54, 1.807) is 13.8 Å². The molecule has 1 aromatic rings. The van der Waals surface area contributed by atoms with Gasteiger partial charge in [0.15, 0.2) is 4.90 Å². The zero-order chi connectivity index (χ0) is 12.5. The SMILES string of the molecule is CC(C)c1ccc([S+](C)[O-])cc1C(F)(F)F. The molecule has 0 aliphatic rings. The van der Waals surface area contributed by atoms with Crippen molar-refractivity contribution in [2.45, 2.75) is 30.8 Å². The first-order chi connectivity index (χ1) is 7.23. The maximum atomic E-state index is 12.8. The highest BCUT2D eigenvalue weighted by Gasteiger charge is 2.35. The first kappa shape index (κ1) is 13.4. The molecule has 16 heavy (non-hydrogen) atoms. The molecule has 0 N–H and O–H groups in total. The summed E-state index contributed by atoms with van der Waals surface area (Å²) in [6.45, 7) is 3.40. The molecule has 0 aromatic heterocycles. The van der Waals surface area contributed by atoms with Crippen LogP contribution in [0.15, 0.2) is 23.1 Å². The molecule has 0 aliphatic heterocycles. The van der Waals surface area contributed by atoms with E-state index < -0.39 is 22.9 Å². The third kappa shape index (κ3) is 2.92. The van der Waals surface area contributed by atoms with Crippen molar-refractivity contribution >= 4 is 11.2 Å². The molecule has 1 rings (SSSR count). The summed E-state index contributed by atoms with van der Waals surface area (Å²) in [4.78, 5) is 0.205. The smallest absolute Gasteiger partial charge is 0.416 e. The number of halogens is 3. The van der Waals surface area contributed by atoms with Crippen molar-refractivity contribution < 1.29 is 17.7 Å². The molecule has 0 bridgehead atoms. The van der Waals surface area contributed by atoms with Gasteiger partial charge in [-0.15, -0.1) is 0 Å². The highest BCUT2D eigenvalue weighted by Crippen LogP contribution is 2.36. The van der Waals surface area contributed by atoms with Gasteiger partial charge in [-0.25, -0.2) is 0 Å². The summed E-state index contributed by atoms with van der Waals surface area (Å²) >= 11 is -1.40. The maximum Gasteiger partial charge on any atom is 0.416 e. The zero-order valence-corrected chi connectivity index (χ0v) is 10.1. The summed E-state index contributed by atoms with van der Waals surface area (Å²) in [6.07, 6.45) is -3.03. The molecular weight excluding hydrogens is 237 g/mol. The van der Waals surface area contributed by atoms with Crippen molar-refractivity contribution in [3.8, 4) is 0 Å². The molecule has 0 amide bonds. The standard InChI is InChI=1S/C11H13F3OS/c1-7(2)9-5-4-8(16(3)15)6-10(9)11(12,13)14/h4-7H,1-3H3. The lowest BCUT2D eigenvalue weighted by Gasteiger charge is -2.16. The lowest BCUT2D eigenvalue weighted by Crippen LogP contribution is -2.12. The van der Waals surface area contributed by atoms with Crippen molar-refractivity contribution in [1.82, 2.24) is 0 Å². The van der Waals surface area contributed by atoms with Gasteiger partial charge in [-0.3, -0.25) is 0 Å². The van der Waals surface area contributed by atoms with Crippen LogP contribution in [-0.2, 0) is 17.4 Å². The lowest BCUT2D eigenvalue weighted by molar-refractivity contribution is -0.138. The first-order valence-electron chi connectivity index (χ1n) is 4.78. The van der Waals surface area contributed by atoms with E-state index in [-0.39, 0.29) is 16.4 Å².